The molecule has 1 unspecified atom stereocenters. The average Bonchev–Trinajstić information content (AvgIpc) is 3.27. The zero-order valence-corrected chi connectivity index (χ0v) is 26.9. The van der Waals surface area contributed by atoms with Gasteiger partial charge in [-0.05, 0) is 5.57 Å². The van der Waals surface area contributed by atoms with Crippen molar-refractivity contribution in [2.75, 3.05) is 24.3 Å². The molecule has 0 aliphatic carbocycles. The van der Waals surface area contributed by atoms with Crippen molar-refractivity contribution < 1.29 is 88.5 Å². The smallest absolute Gasteiger partial charge is 0.854 e. The van der Waals surface area contributed by atoms with Gasteiger partial charge in [0.15, 0.2) is 16.0 Å². The first-order valence-corrected chi connectivity index (χ1v) is 12.8. The number of hydrogen-bond donors (Lipinski definition) is 2. The van der Waals surface area contributed by atoms with E-state index in [4.69, 9.17) is 10.6 Å². The van der Waals surface area contributed by atoms with Crippen LogP contribution in [0.2, 0.25) is 0 Å². The van der Waals surface area contributed by atoms with Gasteiger partial charge in [0.05, 0.1) is 17.5 Å². The molecule has 1 fully saturated rings. The number of nitrogens with two attached hydrogens (primary N) is 1. The third-order valence-corrected chi connectivity index (χ3v) is 8.08. The van der Waals surface area contributed by atoms with Crippen LogP contribution < -0.4 is 85.9 Å². The second-order valence-corrected chi connectivity index (χ2v) is 10.1. The van der Waals surface area contributed by atoms with Crippen LogP contribution in [0.25, 0.3) is 0 Å². The standard InChI is InChI=1S/C18H18N8O7S3.2Na/c1-25-18(22-12(28)13(29)23-25)36-4-6-3-34-15-9(14(30)26(15)10(6)16(31)32)21-11(27)8(24-33-2)7-5-35-17(19)20-7;;/h5,9,15H,3-4H2,1-2H3,(H2,19,20)(H,21,27)(H,23,29)(H,31,32);;/q;2*+1/p-2/b24-8+;;/t9-,15?;;/m1../s1. The van der Waals surface area contributed by atoms with Crippen molar-refractivity contribution in [1.29, 1.82) is 0 Å². The molecule has 0 bridgehead atoms. The summed E-state index contributed by atoms with van der Waals surface area (Å²) in [7, 11) is 2.66. The molecule has 1 saturated heterocycles. The molecule has 38 heavy (non-hydrogen) atoms. The molecule has 4 rings (SSSR count). The number of nitrogen functional groups attached to an aromatic ring is 1. The Hall–Kier alpha value is -1.64. The normalized spacial score (nSPS) is 18.5. The van der Waals surface area contributed by atoms with Crippen molar-refractivity contribution in [1.82, 2.24) is 30.0 Å². The van der Waals surface area contributed by atoms with Crippen molar-refractivity contribution in [2.24, 2.45) is 12.2 Å². The summed E-state index contributed by atoms with van der Waals surface area (Å²) in [6, 6.07) is -1.03. The number of hydrogen-bond acceptors (Lipinski definition) is 15. The van der Waals surface area contributed by atoms with Crippen LogP contribution in [0.1, 0.15) is 5.69 Å². The van der Waals surface area contributed by atoms with Crippen molar-refractivity contribution in [3.05, 3.63) is 32.7 Å². The first kappa shape index (κ1) is 32.6. The Labute approximate surface area is 271 Å². The molecule has 20 heteroatoms. The van der Waals surface area contributed by atoms with Crippen LogP contribution in [0.4, 0.5) is 5.13 Å². The van der Waals surface area contributed by atoms with Gasteiger partial charge in [0, 0.05) is 23.9 Å². The molecule has 0 aromatic carbocycles. The molecule has 0 radical (unpaired) electrons. The second-order valence-electron chi connectivity index (χ2n) is 7.21. The van der Waals surface area contributed by atoms with Gasteiger partial charge in [-0.15, -0.1) is 23.1 Å². The van der Waals surface area contributed by atoms with E-state index in [0.29, 0.717) is 5.57 Å². The fraction of sp³-hybridized carbons (Fsp3) is 0.333. The molecule has 2 aromatic rings. The van der Waals surface area contributed by atoms with Gasteiger partial charge >= 0.3 is 59.1 Å². The van der Waals surface area contributed by atoms with Gasteiger partial charge < -0.3 is 30.9 Å². The van der Waals surface area contributed by atoms with E-state index in [1.807, 2.05) is 0 Å². The number of rotatable bonds is 8. The van der Waals surface area contributed by atoms with Crippen LogP contribution in [0.15, 0.2) is 31.8 Å². The van der Waals surface area contributed by atoms with Crippen molar-refractivity contribution in [3.63, 3.8) is 0 Å². The summed E-state index contributed by atoms with van der Waals surface area (Å²) in [6.45, 7) is 0. The van der Waals surface area contributed by atoms with Crippen LogP contribution in [0.5, 0.6) is 5.88 Å². The molecule has 2 amide bonds. The number of nitrogens with zero attached hydrogens (tertiary/aromatic N) is 6. The van der Waals surface area contributed by atoms with Gasteiger partial charge in [0.25, 0.3) is 17.4 Å². The van der Waals surface area contributed by atoms with E-state index in [9.17, 15) is 29.4 Å². The van der Waals surface area contributed by atoms with E-state index in [2.05, 4.69) is 25.5 Å². The third kappa shape index (κ3) is 6.56. The van der Waals surface area contributed by atoms with E-state index in [1.165, 1.54) is 31.3 Å². The summed E-state index contributed by atoms with van der Waals surface area (Å²) in [6.07, 6.45) is 0. The van der Waals surface area contributed by atoms with Gasteiger partial charge in [-0.3, -0.25) is 19.3 Å². The number of aromatic nitrogens is 4. The Bertz CT molecular complexity index is 1380. The van der Waals surface area contributed by atoms with Crippen molar-refractivity contribution in [3.8, 4) is 5.88 Å². The fourth-order valence-corrected chi connectivity index (χ4v) is 6.33. The number of aryl methyl sites for hydroxylation is 1. The minimum atomic E-state index is -1.57. The predicted molar refractivity (Wildman–Crippen MR) is 125 cm³/mol. The Kier molecular flexibility index (Phi) is 11.7. The number of nitrogens with one attached hydrogen (secondary N) is 1. The number of carboxylic acids is 1. The molecule has 2 aromatic heterocycles. The summed E-state index contributed by atoms with van der Waals surface area (Å²) in [5, 5.41) is 34.1. The number of fused-ring (bicyclic) bond motifs is 1. The van der Waals surface area contributed by atoms with Crippen LogP contribution in [0, 0.1) is 0 Å². The van der Waals surface area contributed by atoms with Gasteiger partial charge in [-0.2, -0.15) is 10.1 Å². The number of thioether (sulfide) groups is 2. The molecule has 190 valence electrons. The summed E-state index contributed by atoms with van der Waals surface area (Å²) >= 11 is 3.31. The van der Waals surface area contributed by atoms with Crippen LogP contribution >= 0.6 is 34.9 Å². The largest absolute Gasteiger partial charge is 1.00 e. The molecule has 0 saturated carbocycles. The topological polar surface area (TPSA) is 221 Å². The molecular formula is C18H16N8Na2O7S3. The number of oxime groups is 1. The summed E-state index contributed by atoms with van der Waals surface area (Å²) in [4.78, 5) is 62.5. The van der Waals surface area contributed by atoms with Crippen LogP contribution in [-0.2, 0) is 26.3 Å². The average molecular weight is 599 g/mol. The minimum Gasteiger partial charge on any atom is -0.854 e. The Morgan fingerprint density at radius 2 is 2.05 bits per heavy atom. The Morgan fingerprint density at radius 3 is 2.66 bits per heavy atom. The van der Waals surface area contributed by atoms with E-state index < -0.39 is 40.6 Å². The SMILES string of the molecule is CO/N=C(/C(=O)N[C@@H]1C(=O)N2C(C(=O)[O-])=C(CSc3nc(=O)c([O-])nn3C)CSC12)c1csc(N)n1.[Na+].[Na+]. The first-order valence-electron chi connectivity index (χ1n) is 9.89. The zero-order valence-electron chi connectivity index (χ0n) is 20.5. The van der Waals surface area contributed by atoms with Crippen molar-refractivity contribution >= 4 is 63.5 Å². The zero-order chi connectivity index (χ0) is 26.1. The van der Waals surface area contributed by atoms with Gasteiger partial charge in [0.2, 0.25) is 0 Å². The van der Waals surface area contributed by atoms with E-state index in [-0.39, 0.29) is 98.0 Å². The number of carbonyl (C=O) groups excluding carboxylic acids is 3. The summed E-state index contributed by atoms with van der Waals surface area (Å²) in [5.74, 6) is -3.74. The quantitative estimate of drug-likeness (QED) is 0.0949. The number of anilines is 1. The number of thiazole rings is 1. The molecule has 15 nitrogen and oxygen atoms in total. The maximum absolute atomic E-state index is 12.9. The molecule has 3 N–H and O–H groups in total. The molecule has 2 aliphatic rings. The van der Waals surface area contributed by atoms with Gasteiger partial charge in [0.1, 0.15) is 24.2 Å². The molecule has 2 aliphatic heterocycles. The molecule has 0 spiro atoms. The Morgan fingerprint density at radius 1 is 1.34 bits per heavy atom. The van der Waals surface area contributed by atoms with Gasteiger partial charge in [-0.1, -0.05) is 16.9 Å². The van der Waals surface area contributed by atoms with E-state index in [1.54, 1.807) is 0 Å². The monoisotopic (exact) mass is 598 g/mol. The molecule has 4 heterocycles. The van der Waals surface area contributed by atoms with Gasteiger partial charge in [-0.25, -0.2) is 9.67 Å². The second kappa shape index (κ2) is 13.6. The number of amides is 2. The van der Waals surface area contributed by atoms with Crippen LogP contribution in [0.3, 0.4) is 0 Å². The number of carbonyl (C=O) groups is 3. The van der Waals surface area contributed by atoms with Crippen LogP contribution in [-0.4, -0.2) is 78.2 Å². The first-order chi connectivity index (χ1) is 17.1. The number of carboxylic acid groups (broad SMARTS) is 1. The Balaban J connectivity index is 0.00000253. The van der Waals surface area contributed by atoms with E-state index >= 15 is 0 Å². The van der Waals surface area contributed by atoms with Crippen molar-refractivity contribution in [2.45, 2.75) is 16.6 Å². The minimum absolute atomic E-state index is 0. The van der Waals surface area contributed by atoms with E-state index in [0.717, 1.165) is 32.7 Å². The molecule has 2 atom stereocenters. The third-order valence-electron chi connectivity index (χ3n) is 4.96. The summed E-state index contributed by atoms with van der Waals surface area (Å²) in [5.41, 5.74) is 4.57. The maximum Gasteiger partial charge on any atom is 1.00 e. The number of β-lactam (4-membered cyclic amide) rings is 1. The fourth-order valence-electron chi connectivity index (χ4n) is 3.39. The maximum atomic E-state index is 12.9. The summed E-state index contributed by atoms with van der Waals surface area (Å²) < 4.78 is 1.11. The predicted octanol–water partition coefficient (Wildman–Crippen LogP) is -9.16. The number of aliphatic carboxylic acids is 1. The molecular weight excluding hydrogens is 582 g/mol.